The van der Waals surface area contributed by atoms with Crippen molar-refractivity contribution in [1.82, 2.24) is 10.6 Å². The summed E-state index contributed by atoms with van der Waals surface area (Å²) in [4.78, 5) is 0. The van der Waals surface area contributed by atoms with Crippen LogP contribution in [-0.4, -0.2) is 30.4 Å². The molecule has 0 radical (unpaired) electrons. The van der Waals surface area contributed by atoms with E-state index in [4.69, 9.17) is 0 Å². The highest BCUT2D eigenvalue weighted by molar-refractivity contribution is 7.81. The molecule has 1 aliphatic heterocycles. The van der Waals surface area contributed by atoms with Crippen LogP contribution in [0.5, 0.6) is 0 Å². The number of thiol groups is 1. The first-order valence-electron chi connectivity index (χ1n) is 3.74. The highest BCUT2D eigenvalue weighted by Gasteiger charge is 2.19. The normalized spacial score (nSPS) is 20.7. The molecule has 0 spiro atoms. The largest absolute Gasteiger partial charge is 0.314 e. The fraction of sp³-hybridized carbons (Fsp3) is 1.00. The number of hydrogen-bond donors (Lipinski definition) is 3. The smallest absolute Gasteiger partial charge is 0.0318 e. The molecule has 10 heavy (non-hydrogen) atoms. The molecule has 0 aromatic rings. The SMILES string of the molecule is CC(C)(S)CNC1CNC1. The molecule has 60 valence electrons. The summed E-state index contributed by atoms with van der Waals surface area (Å²) in [5.74, 6) is 0. The lowest BCUT2D eigenvalue weighted by atomic mass is 10.1. The van der Waals surface area contributed by atoms with Crippen molar-refractivity contribution in [2.24, 2.45) is 0 Å². The van der Waals surface area contributed by atoms with E-state index in [0.717, 1.165) is 19.6 Å². The average Bonchev–Trinajstić information content (AvgIpc) is 1.56. The molecule has 0 bridgehead atoms. The van der Waals surface area contributed by atoms with Crippen LogP contribution in [0.25, 0.3) is 0 Å². The molecule has 1 aliphatic rings. The molecule has 0 aromatic carbocycles. The van der Waals surface area contributed by atoms with Gasteiger partial charge in [0.15, 0.2) is 0 Å². The predicted octanol–water partition coefficient (Wildman–Crippen LogP) is 0.256. The van der Waals surface area contributed by atoms with Gasteiger partial charge in [0.2, 0.25) is 0 Å². The molecule has 1 rings (SSSR count). The Morgan fingerprint density at radius 3 is 2.50 bits per heavy atom. The maximum atomic E-state index is 4.41. The number of hydrogen-bond acceptors (Lipinski definition) is 3. The zero-order valence-corrected chi connectivity index (χ0v) is 7.54. The van der Waals surface area contributed by atoms with Crippen molar-refractivity contribution in [2.45, 2.75) is 24.6 Å². The lowest BCUT2D eigenvalue weighted by molar-refractivity contribution is 0.358. The van der Waals surface area contributed by atoms with Crippen LogP contribution in [0.15, 0.2) is 0 Å². The van der Waals surface area contributed by atoms with Crippen LogP contribution in [0.3, 0.4) is 0 Å². The fourth-order valence-electron chi connectivity index (χ4n) is 0.827. The van der Waals surface area contributed by atoms with E-state index in [2.05, 4.69) is 37.1 Å². The average molecular weight is 160 g/mol. The van der Waals surface area contributed by atoms with Crippen molar-refractivity contribution in [3.63, 3.8) is 0 Å². The van der Waals surface area contributed by atoms with Gasteiger partial charge in [-0.15, -0.1) is 0 Å². The van der Waals surface area contributed by atoms with Crippen molar-refractivity contribution in [3.05, 3.63) is 0 Å². The van der Waals surface area contributed by atoms with Crippen molar-refractivity contribution in [2.75, 3.05) is 19.6 Å². The van der Waals surface area contributed by atoms with Gasteiger partial charge in [0.05, 0.1) is 0 Å². The van der Waals surface area contributed by atoms with E-state index >= 15 is 0 Å². The molecule has 0 amide bonds. The second-order valence-electron chi connectivity index (χ2n) is 3.55. The molecule has 0 saturated carbocycles. The van der Waals surface area contributed by atoms with E-state index in [1.54, 1.807) is 0 Å². The first kappa shape index (κ1) is 8.37. The van der Waals surface area contributed by atoms with Crippen LogP contribution < -0.4 is 10.6 Å². The lowest BCUT2D eigenvalue weighted by Gasteiger charge is -2.31. The van der Waals surface area contributed by atoms with Crippen molar-refractivity contribution in [1.29, 1.82) is 0 Å². The summed E-state index contributed by atoms with van der Waals surface area (Å²) >= 11 is 4.41. The summed E-state index contributed by atoms with van der Waals surface area (Å²) in [6.07, 6.45) is 0. The number of nitrogens with one attached hydrogen (secondary N) is 2. The van der Waals surface area contributed by atoms with Gasteiger partial charge in [0, 0.05) is 30.4 Å². The lowest BCUT2D eigenvalue weighted by Crippen LogP contribution is -2.57. The predicted molar refractivity (Wildman–Crippen MR) is 47.7 cm³/mol. The van der Waals surface area contributed by atoms with Gasteiger partial charge >= 0.3 is 0 Å². The maximum absolute atomic E-state index is 4.41. The third-order valence-electron chi connectivity index (χ3n) is 1.60. The molecular weight excluding hydrogens is 144 g/mol. The Kier molecular flexibility index (Phi) is 2.61. The third-order valence-corrected chi connectivity index (χ3v) is 1.76. The standard InChI is InChI=1S/C7H16N2S/c1-7(2,10)5-9-6-3-8-4-6/h6,8-10H,3-5H2,1-2H3. The van der Waals surface area contributed by atoms with Gasteiger partial charge in [-0.05, 0) is 13.8 Å². The Morgan fingerprint density at radius 1 is 1.60 bits per heavy atom. The minimum atomic E-state index is 0.121. The molecule has 0 unspecified atom stereocenters. The molecule has 0 atom stereocenters. The molecule has 3 heteroatoms. The molecule has 1 fully saturated rings. The topological polar surface area (TPSA) is 24.1 Å². The van der Waals surface area contributed by atoms with Crippen LogP contribution >= 0.6 is 12.6 Å². The Bertz CT molecular complexity index is 105. The zero-order valence-electron chi connectivity index (χ0n) is 6.65. The van der Waals surface area contributed by atoms with Crippen LogP contribution in [0, 0.1) is 0 Å². The molecule has 2 N–H and O–H groups in total. The second-order valence-corrected chi connectivity index (χ2v) is 4.76. The van der Waals surface area contributed by atoms with E-state index in [9.17, 15) is 0 Å². The first-order valence-corrected chi connectivity index (χ1v) is 4.19. The van der Waals surface area contributed by atoms with E-state index < -0.39 is 0 Å². The van der Waals surface area contributed by atoms with Gasteiger partial charge in [-0.2, -0.15) is 12.6 Å². The summed E-state index contributed by atoms with van der Waals surface area (Å²) in [5.41, 5.74) is 0. The molecule has 2 nitrogen and oxygen atoms in total. The molecule has 1 saturated heterocycles. The summed E-state index contributed by atoms with van der Waals surface area (Å²) in [5, 5.41) is 6.63. The fourth-order valence-corrected chi connectivity index (χ4v) is 0.918. The van der Waals surface area contributed by atoms with Gasteiger partial charge < -0.3 is 10.6 Å². The summed E-state index contributed by atoms with van der Waals surface area (Å²) in [7, 11) is 0. The Balaban J connectivity index is 2.04. The van der Waals surface area contributed by atoms with E-state index in [0.29, 0.717) is 6.04 Å². The third kappa shape index (κ3) is 2.90. The molecule has 1 heterocycles. The van der Waals surface area contributed by atoms with Gasteiger partial charge in [-0.3, -0.25) is 0 Å². The van der Waals surface area contributed by atoms with Crippen molar-refractivity contribution in [3.8, 4) is 0 Å². The van der Waals surface area contributed by atoms with Crippen molar-refractivity contribution >= 4 is 12.6 Å². The Hall–Kier alpha value is 0.270. The number of rotatable bonds is 3. The molecule has 0 aromatic heterocycles. The van der Waals surface area contributed by atoms with Gasteiger partial charge in [0.1, 0.15) is 0 Å². The van der Waals surface area contributed by atoms with Gasteiger partial charge in [-0.25, -0.2) is 0 Å². The molecular formula is C7H16N2S. The summed E-state index contributed by atoms with van der Waals surface area (Å²) < 4.78 is 0.121. The molecule has 0 aliphatic carbocycles. The quantitative estimate of drug-likeness (QED) is 0.516. The zero-order chi connectivity index (χ0) is 7.61. The first-order chi connectivity index (χ1) is 4.58. The minimum Gasteiger partial charge on any atom is -0.314 e. The van der Waals surface area contributed by atoms with E-state index in [1.165, 1.54) is 0 Å². The van der Waals surface area contributed by atoms with Gasteiger partial charge in [0.25, 0.3) is 0 Å². The van der Waals surface area contributed by atoms with Crippen molar-refractivity contribution < 1.29 is 0 Å². The monoisotopic (exact) mass is 160 g/mol. The second kappa shape index (κ2) is 3.11. The van der Waals surface area contributed by atoms with Crippen LogP contribution in [0.4, 0.5) is 0 Å². The Morgan fingerprint density at radius 2 is 2.20 bits per heavy atom. The van der Waals surface area contributed by atoms with E-state index in [-0.39, 0.29) is 4.75 Å². The summed E-state index contributed by atoms with van der Waals surface area (Å²) in [6.45, 7) is 7.46. The maximum Gasteiger partial charge on any atom is 0.0318 e. The van der Waals surface area contributed by atoms with E-state index in [1.807, 2.05) is 0 Å². The Labute approximate surface area is 68.2 Å². The highest BCUT2D eigenvalue weighted by atomic mass is 32.1. The highest BCUT2D eigenvalue weighted by Crippen LogP contribution is 2.09. The van der Waals surface area contributed by atoms with Gasteiger partial charge in [-0.1, -0.05) is 0 Å². The van der Waals surface area contributed by atoms with Crippen LogP contribution in [-0.2, 0) is 0 Å². The minimum absolute atomic E-state index is 0.121. The van der Waals surface area contributed by atoms with Crippen LogP contribution in [0.1, 0.15) is 13.8 Å². The van der Waals surface area contributed by atoms with Crippen LogP contribution in [0.2, 0.25) is 0 Å². The summed E-state index contributed by atoms with van der Waals surface area (Å²) in [6, 6.07) is 0.687.